The van der Waals surface area contributed by atoms with Crippen LogP contribution in [0, 0.1) is 11.8 Å². The molecule has 2 fully saturated rings. The van der Waals surface area contributed by atoms with Crippen LogP contribution in [0.25, 0.3) is 0 Å². The average Bonchev–Trinajstić information content (AvgIpc) is 3.02. The van der Waals surface area contributed by atoms with Gasteiger partial charge in [-0.3, -0.25) is 0 Å². The van der Waals surface area contributed by atoms with E-state index < -0.39 is 0 Å². The van der Waals surface area contributed by atoms with Crippen LogP contribution in [0.15, 0.2) is 0 Å². The Morgan fingerprint density at radius 1 is 1.21 bits per heavy atom. The van der Waals surface area contributed by atoms with Gasteiger partial charge in [0.15, 0.2) is 0 Å². The molecule has 1 saturated carbocycles. The van der Waals surface area contributed by atoms with E-state index in [1.54, 1.807) is 0 Å². The van der Waals surface area contributed by atoms with Crippen LogP contribution in [0.3, 0.4) is 0 Å². The zero-order valence-electron chi connectivity index (χ0n) is 8.87. The van der Waals surface area contributed by atoms with Gasteiger partial charge < -0.3 is 15.8 Å². The van der Waals surface area contributed by atoms with E-state index in [4.69, 9.17) is 10.5 Å². The number of epoxide rings is 1. The van der Waals surface area contributed by atoms with Gasteiger partial charge in [-0.25, -0.2) is 0 Å². The first-order valence-corrected chi connectivity index (χ1v) is 5.91. The van der Waals surface area contributed by atoms with Gasteiger partial charge in [-0.15, -0.1) is 0 Å². The van der Waals surface area contributed by atoms with Crippen LogP contribution in [0.2, 0.25) is 0 Å². The highest BCUT2D eigenvalue weighted by atomic mass is 16.6. The lowest BCUT2D eigenvalue weighted by atomic mass is 9.81. The Morgan fingerprint density at radius 2 is 2.00 bits per heavy atom. The number of nitrogens with one attached hydrogen (secondary N) is 1. The van der Waals surface area contributed by atoms with Crippen LogP contribution in [-0.2, 0) is 4.74 Å². The molecule has 1 saturated heterocycles. The standard InChI is InChI=1S/C11H22N2O/c12-5-9-2-1-3-10(4-9)6-13-7-11-8-14-11/h9-11,13H,1-8,12H2. The van der Waals surface area contributed by atoms with Crippen LogP contribution in [0.5, 0.6) is 0 Å². The van der Waals surface area contributed by atoms with Gasteiger partial charge in [0.2, 0.25) is 0 Å². The third kappa shape index (κ3) is 3.23. The second kappa shape index (κ2) is 5.10. The third-order valence-electron chi connectivity index (χ3n) is 3.43. The highest BCUT2D eigenvalue weighted by Crippen LogP contribution is 2.27. The summed E-state index contributed by atoms with van der Waals surface area (Å²) in [6.07, 6.45) is 5.95. The molecule has 14 heavy (non-hydrogen) atoms. The smallest absolute Gasteiger partial charge is 0.0933 e. The predicted molar refractivity (Wildman–Crippen MR) is 57.1 cm³/mol. The molecular formula is C11H22N2O. The molecule has 3 heteroatoms. The van der Waals surface area contributed by atoms with E-state index in [2.05, 4.69) is 5.32 Å². The second-order valence-electron chi connectivity index (χ2n) is 4.75. The van der Waals surface area contributed by atoms with Crippen LogP contribution in [-0.4, -0.2) is 32.3 Å². The van der Waals surface area contributed by atoms with E-state index in [9.17, 15) is 0 Å². The number of hydrogen-bond acceptors (Lipinski definition) is 3. The lowest BCUT2D eigenvalue weighted by molar-refractivity contribution is 0.262. The molecule has 0 spiro atoms. The van der Waals surface area contributed by atoms with Crippen molar-refractivity contribution in [3.8, 4) is 0 Å². The second-order valence-corrected chi connectivity index (χ2v) is 4.75. The fraction of sp³-hybridized carbons (Fsp3) is 1.00. The summed E-state index contributed by atoms with van der Waals surface area (Å²) in [5, 5.41) is 3.50. The fourth-order valence-electron chi connectivity index (χ4n) is 2.44. The van der Waals surface area contributed by atoms with Gasteiger partial charge in [0.05, 0.1) is 12.7 Å². The summed E-state index contributed by atoms with van der Waals surface area (Å²) in [6, 6.07) is 0. The Morgan fingerprint density at radius 3 is 2.71 bits per heavy atom. The van der Waals surface area contributed by atoms with Crippen LogP contribution < -0.4 is 11.1 Å². The highest BCUT2D eigenvalue weighted by molar-refractivity contribution is 4.77. The van der Waals surface area contributed by atoms with Crippen LogP contribution >= 0.6 is 0 Å². The van der Waals surface area contributed by atoms with Gasteiger partial charge in [0, 0.05) is 6.54 Å². The van der Waals surface area contributed by atoms with E-state index in [0.717, 1.165) is 38.1 Å². The quantitative estimate of drug-likeness (QED) is 0.641. The van der Waals surface area contributed by atoms with Crippen molar-refractivity contribution in [2.45, 2.75) is 31.8 Å². The zero-order valence-corrected chi connectivity index (χ0v) is 8.87. The molecule has 3 atom stereocenters. The molecule has 0 aromatic carbocycles. The van der Waals surface area contributed by atoms with Crippen molar-refractivity contribution >= 4 is 0 Å². The van der Waals surface area contributed by atoms with Crippen molar-refractivity contribution in [3.05, 3.63) is 0 Å². The molecule has 3 nitrogen and oxygen atoms in total. The first-order chi connectivity index (χ1) is 6.88. The summed E-state index contributed by atoms with van der Waals surface area (Å²) < 4.78 is 5.16. The van der Waals surface area contributed by atoms with Gasteiger partial charge in [-0.1, -0.05) is 6.42 Å². The lowest BCUT2D eigenvalue weighted by Gasteiger charge is -2.28. The zero-order chi connectivity index (χ0) is 9.80. The normalized spacial score (nSPS) is 37.1. The van der Waals surface area contributed by atoms with E-state index >= 15 is 0 Å². The van der Waals surface area contributed by atoms with Gasteiger partial charge in [-0.2, -0.15) is 0 Å². The number of rotatable bonds is 5. The maximum absolute atomic E-state index is 5.71. The molecule has 3 N–H and O–H groups in total. The Labute approximate surface area is 86.4 Å². The Bertz CT molecular complexity index is 171. The maximum Gasteiger partial charge on any atom is 0.0933 e. The Kier molecular flexibility index (Phi) is 3.79. The monoisotopic (exact) mass is 198 g/mol. The minimum atomic E-state index is 0.517. The van der Waals surface area contributed by atoms with E-state index in [0.29, 0.717) is 6.10 Å². The molecule has 2 rings (SSSR count). The average molecular weight is 198 g/mol. The predicted octanol–water partition coefficient (Wildman–Crippen LogP) is 0.740. The summed E-state index contributed by atoms with van der Waals surface area (Å²) in [6.45, 7) is 4.05. The molecule has 1 aliphatic heterocycles. The number of nitrogens with two attached hydrogens (primary N) is 1. The van der Waals surface area contributed by atoms with E-state index in [1.807, 2.05) is 0 Å². The summed E-state index contributed by atoms with van der Waals surface area (Å²) in [4.78, 5) is 0. The number of ether oxygens (including phenoxy) is 1. The minimum Gasteiger partial charge on any atom is -0.372 e. The number of hydrogen-bond donors (Lipinski definition) is 2. The van der Waals surface area contributed by atoms with E-state index in [-0.39, 0.29) is 0 Å². The minimum absolute atomic E-state index is 0.517. The fourth-order valence-corrected chi connectivity index (χ4v) is 2.44. The van der Waals surface area contributed by atoms with Crippen molar-refractivity contribution in [1.82, 2.24) is 5.32 Å². The topological polar surface area (TPSA) is 50.6 Å². The van der Waals surface area contributed by atoms with Crippen molar-refractivity contribution in [2.75, 3.05) is 26.2 Å². The lowest BCUT2D eigenvalue weighted by Crippen LogP contribution is -2.31. The molecule has 3 unspecified atom stereocenters. The largest absolute Gasteiger partial charge is 0.372 e. The van der Waals surface area contributed by atoms with Crippen molar-refractivity contribution in [3.63, 3.8) is 0 Å². The Balaban J connectivity index is 1.58. The van der Waals surface area contributed by atoms with Crippen molar-refractivity contribution in [1.29, 1.82) is 0 Å². The molecule has 82 valence electrons. The van der Waals surface area contributed by atoms with Crippen LogP contribution in [0.1, 0.15) is 25.7 Å². The van der Waals surface area contributed by atoms with Gasteiger partial charge in [-0.05, 0) is 44.2 Å². The van der Waals surface area contributed by atoms with Crippen LogP contribution in [0.4, 0.5) is 0 Å². The molecule has 1 aliphatic carbocycles. The molecule has 0 aromatic heterocycles. The van der Waals surface area contributed by atoms with E-state index in [1.165, 1.54) is 25.7 Å². The Hall–Kier alpha value is -0.120. The van der Waals surface area contributed by atoms with Gasteiger partial charge in [0.25, 0.3) is 0 Å². The third-order valence-corrected chi connectivity index (χ3v) is 3.43. The molecular weight excluding hydrogens is 176 g/mol. The molecule has 0 bridgehead atoms. The first kappa shape index (κ1) is 10.4. The molecule has 1 heterocycles. The van der Waals surface area contributed by atoms with Gasteiger partial charge >= 0.3 is 0 Å². The molecule has 2 aliphatic rings. The molecule has 0 amide bonds. The van der Waals surface area contributed by atoms with Crippen molar-refractivity contribution < 1.29 is 4.74 Å². The SMILES string of the molecule is NCC1CCCC(CNCC2CO2)C1. The molecule has 0 radical (unpaired) electrons. The summed E-state index contributed by atoms with van der Waals surface area (Å²) in [5.41, 5.74) is 5.71. The summed E-state index contributed by atoms with van der Waals surface area (Å²) >= 11 is 0. The molecule has 0 aromatic rings. The van der Waals surface area contributed by atoms with Gasteiger partial charge in [0.1, 0.15) is 0 Å². The van der Waals surface area contributed by atoms with Crippen molar-refractivity contribution in [2.24, 2.45) is 17.6 Å². The first-order valence-electron chi connectivity index (χ1n) is 5.91. The maximum atomic E-state index is 5.71. The summed E-state index contributed by atoms with van der Waals surface area (Å²) in [7, 11) is 0. The summed E-state index contributed by atoms with van der Waals surface area (Å²) in [5.74, 6) is 1.64. The highest BCUT2D eigenvalue weighted by Gasteiger charge is 2.24.